The molecule has 5 rings (SSSR count). The fraction of sp³-hybridized carbons (Fsp3) is 0.258. The molecule has 0 spiro atoms. The normalized spacial score (nSPS) is 14.0. The highest BCUT2D eigenvalue weighted by Gasteiger charge is 2.20. The van der Waals surface area contributed by atoms with Gasteiger partial charge in [0.15, 0.2) is 17.4 Å². The second kappa shape index (κ2) is 11.1. The molecule has 1 aliphatic rings. The number of benzene rings is 4. The molecule has 190 valence electrons. The number of ether oxygens (including phenoxy) is 2. The summed E-state index contributed by atoms with van der Waals surface area (Å²) < 4.78 is 39.0. The van der Waals surface area contributed by atoms with Crippen molar-refractivity contribution in [3.05, 3.63) is 95.6 Å². The van der Waals surface area contributed by atoms with Gasteiger partial charge in [-0.15, -0.1) is 0 Å². The van der Waals surface area contributed by atoms with Gasteiger partial charge in [-0.3, -0.25) is 9.69 Å². The summed E-state index contributed by atoms with van der Waals surface area (Å²) in [6.45, 7) is 3.72. The molecule has 0 N–H and O–H groups in total. The first kappa shape index (κ1) is 24.9. The van der Waals surface area contributed by atoms with E-state index >= 15 is 0 Å². The van der Waals surface area contributed by atoms with Crippen LogP contribution in [-0.4, -0.2) is 44.0 Å². The van der Waals surface area contributed by atoms with E-state index in [4.69, 9.17) is 9.47 Å². The minimum absolute atomic E-state index is 0.213. The maximum Gasteiger partial charge on any atom is 0.194 e. The maximum absolute atomic E-state index is 14.1. The molecule has 1 heterocycles. The van der Waals surface area contributed by atoms with Crippen molar-refractivity contribution >= 4 is 16.6 Å². The van der Waals surface area contributed by atoms with Gasteiger partial charge in [-0.05, 0) is 102 Å². The number of rotatable bonds is 8. The van der Waals surface area contributed by atoms with E-state index in [2.05, 4.69) is 4.90 Å². The predicted molar refractivity (Wildman–Crippen MR) is 142 cm³/mol. The van der Waals surface area contributed by atoms with Crippen LogP contribution in [0.2, 0.25) is 0 Å². The molecular formula is C31H29F2NO3. The molecule has 4 aromatic rings. The molecule has 1 aliphatic heterocycles. The van der Waals surface area contributed by atoms with Crippen LogP contribution in [-0.2, 0) is 0 Å². The lowest BCUT2D eigenvalue weighted by Gasteiger charge is -2.26. The van der Waals surface area contributed by atoms with Gasteiger partial charge in [0.25, 0.3) is 0 Å². The molecule has 0 bridgehead atoms. The number of piperidine rings is 1. The van der Waals surface area contributed by atoms with Gasteiger partial charge in [-0.1, -0.05) is 24.6 Å². The van der Waals surface area contributed by atoms with Crippen LogP contribution in [0.5, 0.6) is 11.5 Å². The van der Waals surface area contributed by atoms with Crippen molar-refractivity contribution in [1.82, 2.24) is 4.90 Å². The summed E-state index contributed by atoms with van der Waals surface area (Å²) in [6, 6.07) is 19.8. The fourth-order valence-electron chi connectivity index (χ4n) is 4.91. The minimum Gasteiger partial charge on any atom is -0.497 e. The van der Waals surface area contributed by atoms with Gasteiger partial charge in [0.1, 0.15) is 18.1 Å². The molecule has 37 heavy (non-hydrogen) atoms. The molecule has 0 aliphatic carbocycles. The molecule has 0 radical (unpaired) electrons. The second-order valence-electron chi connectivity index (χ2n) is 9.31. The largest absolute Gasteiger partial charge is 0.497 e. The molecule has 4 nitrogen and oxygen atoms in total. The van der Waals surface area contributed by atoms with Crippen molar-refractivity contribution in [2.75, 3.05) is 33.4 Å². The number of methoxy groups -OCH3 is 1. The minimum atomic E-state index is -0.961. The summed E-state index contributed by atoms with van der Waals surface area (Å²) in [4.78, 5) is 16.3. The summed E-state index contributed by atoms with van der Waals surface area (Å²) in [6.07, 6.45) is 3.78. The summed E-state index contributed by atoms with van der Waals surface area (Å²) in [5.41, 5.74) is 1.86. The van der Waals surface area contributed by atoms with Gasteiger partial charge in [0.05, 0.1) is 7.11 Å². The Kier molecular flexibility index (Phi) is 7.47. The van der Waals surface area contributed by atoms with Crippen molar-refractivity contribution < 1.29 is 23.0 Å². The van der Waals surface area contributed by atoms with Crippen LogP contribution in [0.3, 0.4) is 0 Å². The molecule has 4 aromatic carbocycles. The van der Waals surface area contributed by atoms with E-state index in [1.54, 1.807) is 43.5 Å². The quantitative estimate of drug-likeness (QED) is 0.247. The third kappa shape index (κ3) is 5.49. The number of carbonyl (C=O) groups is 1. The van der Waals surface area contributed by atoms with Gasteiger partial charge >= 0.3 is 0 Å². The van der Waals surface area contributed by atoms with Crippen molar-refractivity contribution in [1.29, 1.82) is 0 Å². The molecule has 0 unspecified atom stereocenters. The third-order valence-electron chi connectivity index (χ3n) is 6.93. The van der Waals surface area contributed by atoms with Crippen LogP contribution in [0, 0.1) is 11.6 Å². The smallest absolute Gasteiger partial charge is 0.194 e. The Hall–Kier alpha value is -3.77. The Bertz CT molecular complexity index is 1410. The zero-order chi connectivity index (χ0) is 25.8. The van der Waals surface area contributed by atoms with Crippen LogP contribution in [0.15, 0.2) is 72.8 Å². The summed E-state index contributed by atoms with van der Waals surface area (Å²) in [5.74, 6) is -0.736. The Labute approximate surface area is 215 Å². The van der Waals surface area contributed by atoms with E-state index in [9.17, 15) is 13.6 Å². The number of ketones is 1. The Morgan fingerprint density at radius 1 is 0.838 bits per heavy atom. The molecule has 1 saturated heterocycles. The fourth-order valence-corrected chi connectivity index (χ4v) is 4.91. The lowest BCUT2D eigenvalue weighted by Crippen LogP contribution is -2.33. The Morgan fingerprint density at radius 2 is 1.59 bits per heavy atom. The van der Waals surface area contributed by atoms with Crippen LogP contribution in [0.25, 0.3) is 21.9 Å². The van der Waals surface area contributed by atoms with E-state index < -0.39 is 11.6 Å². The molecule has 6 heteroatoms. The maximum atomic E-state index is 14.1. The molecule has 1 fully saturated rings. The van der Waals surface area contributed by atoms with Crippen molar-refractivity contribution in [2.45, 2.75) is 19.3 Å². The Balaban J connectivity index is 1.45. The average Bonchev–Trinajstić information content (AvgIpc) is 2.94. The average molecular weight is 502 g/mol. The lowest BCUT2D eigenvalue weighted by atomic mass is 9.89. The van der Waals surface area contributed by atoms with E-state index in [1.165, 1.54) is 25.3 Å². The van der Waals surface area contributed by atoms with Gasteiger partial charge in [0, 0.05) is 17.7 Å². The zero-order valence-electron chi connectivity index (χ0n) is 20.8. The highest BCUT2D eigenvalue weighted by atomic mass is 19.2. The standard InChI is InChI=1S/C31H29F2NO3/c1-36-25-11-13-27-22(19-25)7-12-26(23-8-14-28(32)29(33)20-23)30(27)31(35)21-5-9-24(10-6-21)37-18-17-34-15-3-2-4-16-34/h5-14,19-20H,2-4,15-18H2,1H3. The van der Waals surface area contributed by atoms with Gasteiger partial charge in [0.2, 0.25) is 0 Å². The van der Waals surface area contributed by atoms with Crippen molar-refractivity contribution in [3.63, 3.8) is 0 Å². The third-order valence-corrected chi connectivity index (χ3v) is 6.93. The number of hydrogen-bond acceptors (Lipinski definition) is 4. The number of halogens is 2. The number of likely N-dealkylation sites (tertiary alicyclic amines) is 1. The molecular weight excluding hydrogens is 472 g/mol. The van der Waals surface area contributed by atoms with E-state index in [-0.39, 0.29) is 5.78 Å². The number of nitrogens with zero attached hydrogens (tertiary/aromatic N) is 1. The van der Waals surface area contributed by atoms with Crippen LogP contribution in [0.1, 0.15) is 35.2 Å². The first-order chi connectivity index (χ1) is 18.0. The van der Waals surface area contributed by atoms with Crippen LogP contribution < -0.4 is 9.47 Å². The van der Waals surface area contributed by atoms with Crippen molar-refractivity contribution in [3.8, 4) is 22.6 Å². The monoisotopic (exact) mass is 501 g/mol. The molecule has 0 atom stereocenters. The van der Waals surface area contributed by atoms with E-state index in [1.807, 2.05) is 18.2 Å². The highest BCUT2D eigenvalue weighted by molar-refractivity contribution is 6.20. The highest BCUT2D eigenvalue weighted by Crippen LogP contribution is 2.34. The Morgan fingerprint density at radius 3 is 2.32 bits per heavy atom. The number of fused-ring (bicyclic) bond motifs is 1. The molecule has 0 aromatic heterocycles. The first-order valence-corrected chi connectivity index (χ1v) is 12.6. The van der Waals surface area contributed by atoms with Gasteiger partial charge in [-0.25, -0.2) is 8.78 Å². The summed E-state index contributed by atoms with van der Waals surface area (Å²) in [5, 5.41) is 1.52. The summed E-state index contributed by atoms with van der Waals surface area (Å²) >= 11 is 0. The van der Waals surface area contributed by atoms with E-state index in [0.29, 0.717) is 45.7 Å². The van der Waals surface area contributed by atoms with Crippen LogP contribution in [0.4, 0.5) is 8.78 Å². The van der Waals surface area contributed by atoms with Gasteiger partial charge < -0.3 is 9.47 Å². The second-order valence-corrected chi connectivity index (χ2v) is 9.31. The van der Waals surface area contributed by atoms with E-state index in [0.717, 1.165) is 37.2 Å². The zero-order valence-corrected chi connectivity index (χ0v) is 20.8. The first-order valence-electron chi connectivity index (χ1n) is 12.6. The van der Waals surface area contributed by atoms with Gasteiger partial charge in [-0.2, -0.15) is 0 Å². The SMILES string of the molecule is COc1ccc2c(C(=O)c3ccc(OCCN4CCCCC4)cc3)c(-c3ccc(F)c(F)c3)ccc2c1. The molecule has 0 saturated carbocycles. The topological polar surface area (TPSA) is 38.8 Å². The summed E-state index contributed by atoms with van der Waals surface area (Å²) in [7, 11) is 1.58. The predicted octanol–water partition coefficient (Wildman–Crippen LogP) is 6.89. The number of hydrogen-bond donors (Lipinski definition) is 0. The van der Waals surface area contributed by atoms with Crippen molar-refractivity contribution in [2.24, 2.45) is 0 Å². The lowest BCUT2D eigenvalue weighted by molar-refractivity contribution is 0.104. The number of carbonyl (C=O) groups excluding carboxylic acids is 1. The molecule has 0 amide bonds. The van der Waals surface area contributed by atoms with Crippen LogP contribution >= 0.6 is 0 Å².